The zero-order valence-electron chi connectivity index (χ0n) is 26.6. The molecule has 2 fully saturated rings. The van der Waals surface area contributed by atoms with Crippen LogP contribution in [0.4, 0.5) is 8.78 Å². The minimum Gasteiger partial charge on any atom is -0.396 e. The molecule has 0 unspecified atom stereocenters. The number of morpholine rings is 1. The molecule has 0 radical (unpaired) electrons. The number of rotatable bonds is 10. The molecule has 2 aromatic carbocycles. The summed E-state index contributed by atoms with van der Waals surface area (Å²) >= 11 is 0. The summed E-state index contributed by atoms with van der Waals surface area (Å²) < 4.78 is 37.9. The predicted molar refractivity (Wildman–Crippen MR) is 172 cm³/mol. The lowest BCUT2D eigenvalue weighted by Gasteiger charge is -2.37. The van der Waals surface area contributed by atoms with Crippen molar-refractivity contribution in [3.8, 4) is 22.4 Å². The van der Waals surface area contributed by atoms with E-state index in [0.717, 1.165) is 31.2 Å². The molecule has 4 aromatic rings. The Kier molecular flexibility index (Phi) is 9.72. The molecule has 1 amide bonds. The molecule has 1 N–H and O–H groups in total. The number of para-hydroxylation sites is 1. The molecule has 0 aliphatic carbocycles. The average molecular weight is 633 g/mol. The quantitative estimate of drug-likeness (QED) is 0.227. The molecule has 0 spiro atoms. The summed E-state index contributed by atoms with van der Waals surface area (Å²) in [5, 5.41) is 13.7. The van der Waals surface area contributed by atoms with Gasteiger partial charge in [0, 0.05) is 67.6 Å². The van der Waals surface area contributed by atoms with Crippen molar-refractivity contribution in [1.82, 2.24) is 29.5 Å². The number of halogens is 2. The van der Waals surface area contributed by atoms with E-state index in [9.17, 15) is 4.79 Å². The second-order valence-electron chi connectivity index (χ2n) is 13.0. The van der Waals surface area contributed by atoms with Gasteiger partial charge < -0.3 is 14.7 Å². The number of piperidine rings is 1. The van der Waals surface area contributed by atoms with E-state index in [1.807, 2.05) is 52.7 Å². The number of unbranched alkanes of at least 4 members (excludes halogenated alkanes) is 1. The highest BCUT2D eigenvalue weighted by atomic mass is 19.1. The van der Waals surface area contributed by atoms with E-state index >= 15 is 8.78 Å². The lowest BCUT2D eigenvalue weighted by atomic mass is 9.85. The summed E-state index contributed by atoms with van der Waals surface area (Å²) in [4.78, 5) is 26.7. The SMILES string of the molecule is CC(C)(CCCCO)C(=O)N1CCC(n2cc(-c3cnc4cccc(-c5cc(F)c(CN6CCOCC6)c(F)c5)c4n3)cn2)CC1. The number of amides is 1. The normalized spacial score (nSPS) is 16.8. The number of benzene rings is 2. The fourth-order valence-corrected chi connectivity index (χ4v) is 6.51. The molecule has 2 aliphatic heterocycles. The van der Waals surface area contributed by atoms with E-state index in [2.05, 4.69) is 10.1 Å². The number of aliphatic hydroxyl groups excluding tert-OH is 1. The molecule has 4 heterocycles. The van der Waals surface area contributed by atoms with Crippen molar-refractivity contribution >= 4 is 16.9 Å². The number of hydrogen-bond donors (Lipinski definition) is 1. The average Bonchev–Trinajstić information content (AvgIpc) is 3.57. The van der Waals surface area contributed by atoms with Crippen LogP contribution in [-0.4, -0.2) is 86.6 Å². The van der Waals surface area contributed by atoms with Gasteiger partial charge in [-0.3, -0.25) is 19.4 Å². The summed E-state index contributed by atoms with van der Waals surface area (Å²) in [6, 6.07) is 8.38. The molecule has 2 saturated heterocycles. The maximum Gasteiger partial charge on any atom is 0.228 e. The standard InChI is InChI=1S/C35H42F2N6O3/c1-35(2,10-3-4-15-44)34(45)42-11-8-26(9-12-42)43-22-25(20-39-43)32-21-38-31-7-5-6-27(33(31)40-32)24-18-29(36)28(30(37)19-24)23-41-13-16-46-17-14-41/h5-7,18-22,26,44H,3-4,8-17,23H2,1-2H3. The third-order valence-electron chi connectivity index (χ3n) is 9.32. The Balaban J connectivity index is 1.17. The van der Waals surface area contributed by atoms with Gasteiger partial charge in [-0.15, -0.1) is 0 Å². The van der Waals surface area contributed by atoms with Crippen LogP contribution < -0.4 is 0 Å². The molecule has 0 bridgehead atoms. The van der Waals surface area contributed by atoms with Crippen molar-refractivity contribution in [1.29, 1.82) is 0 Å². The highest BCUT2D eigenvalue weighted by Crippen LogP contribution is 2.33. The van der Waals surface area contributed by atoms with Gasteiger partial charge in [0.25, 0.3) is 0 Å². The highest BCUT2D eigenvalue weighted by Gasteiger charge is 2.34. The van der Waals surface area contributed by atoms with Crippen molar-refractivity contribution < 1.29 is 23.4 Å². The molecule has 11 heteroatoms. The number of likely N-dealkylation sites (tertiary alicyclic amines) is 1. The van der Waals surface area contributed by atoms with Crippen molar-refractivity contribution in [3.05, 3.63) is 66.1 Å². The second kappa shape index (κ2) is 13.9. The summed E-state index contributed by atoms with van der Waals surface area (Å²) in [6.07, 6.45) is 9.31. The number of hydrogen-bond acceptors (Lipinski definition) is 7. The van der Waals surface area contributed by atoms with Gasteiger partial charge in [0.15, 0.2) is 0 Å². The number of ether oxygens (including phenoxy) is 1. The van der Waals surface area contributed by atoms with Crippen LogP contribution in [0.1, 0.15) is 57.6 Å². The van der Waals surface area contributed by atoms with E-state index in [1.165, 1.54) is 12.1 Å². The molecule has 6 rings (SSSR count). The molecule has 0 saturated carbocycles. The maximum atomic E-state index is 15.3. The molecular formula is C35H42F2N6O3. The van der Waals surface area contributed by atoms with Crippen LogP contribution in [0, 0.1) is 17.0 Å². The zero-order chi connectivity index (χ0) is 32.3. The lowest BCUT2D eigenvalue weighted by molar-refractivity contribution is -0.142. The van der Waals surface area contributed by atoms with Crippen LogP contribution in [0.25, 0.3) is 33.4 Å². The highest BCUT2D eigenvalue weighted by molar-refractivity contribution is 5.92. The lowest BCUT2D eigenvalue weighted by Crippen LogP contribution is -2.45. The number of nitrogens with zero attached hydrogens (tertiary/aromatic N) is 6. The van der Waals surface area contributed by atoms with Crippen LogP contribution in [0.5, 0.6) is 0 Å². The Labute approximate surface area is 268 Å². The van der Waals surface area contributed by atoms with Crippen molar-refractivity contribution in [3.63, 3.8) is 0 Å². The van der Waals surface area contributed by atoms with E-state index in [0.29, 0.717) is 73.7 Å². The molecule has 0 atom stereocenters. The minimum atomic E-state index is -0.582. The van der Waals surface area contributed by atoms with E-state index < -0.39 is 17.0 Å². The fraction of sp³-hybridized carbons (Fsp3) is 0.486. The molecule has 46 heavy (non-hydrogen) atoms. The van der Waals surface area contributed by atoms with Crippen LogP contribution >= 0.6 is 0 Å². The van der Waals surface area contributed by atoms with Gasteiger partial charge in [-0.25, -0.2) is 13.8 Å². The van der Waals surface area contributed by atoms with Crippen LogP contribution in [-0.2, 0) is 16.1 Å². The number of carbonyl (C=O) groups is 1. The molecular weight excluding hydrogens is 590 g/mol. The maximum absolute atomic E-state index is 15.3. The van der Waals surface area contributed by atoms with Crippen LogP contribution in [0.15, 0.2) is 48.9 Å². The number of carbonyl (C=O) groups excluding carboxylic acids is 1. The van der Waals surface area contributed by atoms with Gasteiger partial charge in [0.05, 0.1) is 48.4 Å². The Morgan fingerprint density at radius 2 is 1.76 bits per heavy atom. The predicted octanol–water partition coefficient (Wildman–Crippen LogP) is 5.62. The van der Waals surface area contributed by atoms with Crippen molar-refractivity contribution in [2.24, 2.45) is 5.41 Å². The van der Waals surface area contributed by atoms with Gasteiger partial charge in [-0.1, -0.05) is 32.4 Å². The van der Waals surface area contributed by atoms with Gasteiger partial charge >= 0.3 is 0 Å². The number of fused-ring (bicyclic) bond motifs is 1. The fourth-order valence-electron chi connectivity index (χ4n) is 6.51. The van der Waals surface area contributed by atoms with E-state index in [-0.39, 0.29) is 30.7 Å². The first-order valence-electron chi connectivity index (χ1n) is 16.2. The largest absolute Gasteiger partial charge is 0.396 e. The van der Waals surface area contributed by atoms with Gasteiger partial charge in [-0.2, -0.15) is 5.10 Å². The minimum absolute atomic E-state index is 0.0574. The second-order valence-corrected chi connectivity index (χ2v) is 13.0. The summed E-state index contributed by atoms with van der Waals surface area (Å²) in [5.41, 5.74) is 3.22. The topological polar surface area (TPSA) is 96.6 Å². The first-order valence-corrected chi connectivity index (χ1v) is 16.2. The number of aliphatic hydroxyl groups is 1. The zero-order valence-corrected chi connectivity index (χ0v) is 26.6. The monoisotopic (exact) mass is 632 g/mol. The Bertz CT molecular complexity index is 1660. The Hall–Kier alpha value is -3.80. The first kappa shape index (κ1) is 32.2. The van der Waals surface area contributed by atoms with Crippen molar-refractivity contribution in [2.75, 3.05) is 46.0 Å². The first-order chi connectivity index (χ1) is 22.2. The summed E-state index contributed by atoms with van der Waals surface area (Å²) in [6.45, 7) is 8.06. The van der Waals surface area contributed by atoms with E-state index in [1.54, 1.807) is 12.4 Å². The van der Waals surface area contributed by atoms with Crippen LogP contribution in [0.2, 0.25) is 0 Å². The molecule has 2 aliphatic rings. The van der Waals surface area contributed by atoms with E-state index in [4.69, 9.17) is 14.8 Å². The Morgan fingerprint density at radius 3 is 2.48 bits per heavy atom. The van der Waals surface area contributed by atoms with Crippen LogP contribution in [0.3, 0.4) is 0 Å². The smallest absolute Gasteiger partial charge is 0.228 e. The van der Waals surface area contributed by atoms with Crippen molar-refractivity contribution in [2.45, 2.75) is 58.5 Å². The summed E-state index contributed by atoms with van der Waals surface area (Å²) in [7, 11) is 0. The third kappa shape index (κ3) is 6.96. The molecule has 244 valence electrons. The van der Waals surface area contributed by atoms with Gasteiger partial charge in [0.1, 0.15) is 11.6 Å². The van der Waals surface area contributed by atoms with Gasteiger partial charge in [-0.05, 0) is 49.4 Å². The summed E-state index contributed by atoms with van der Waals surface area (Å²) in [5.74, 6) is -0.998. The van der Waals surface area contributed by atoms with Gasteiger partial charge in [0.2, 0.25) is 5.91 Å². The number of aromatic nitrogens is 4. The third-order valence-corrected chi connectivity index (χ3v) is 9.32. The molecule has 9 nitrogen and oxygen atoms in total. The Morgan fingerprint density at radius 1 is 1.02 bits per heavy atom. The molecule has 2 aromatic heterocycles.